The van der Waals surface area contributed by atoms with Crippen molar-refractivity contribution in [3.05, 3.63) is 46.1 Å². The first-order valence-electron chi connectivity index (χ1n) is 6.21. The number of aryl methyl sites for hydroxylation is 1. The van der Waals surface area contributed by atoms with Crippen LogP contribution in [0.4, 0.5) is 0 Å². The van der Waals surface area contributed by atoms with Gasteiger partial charge in [0.1, 0.15) is 23.9 Å². The Kier molecular flexibility index (Phi) is 4.99. The molecule has 0 aliphatic rings. The Hall–Kier alpha value is -1.33. The standard InChI is InChI=1S/C14H17BrN2O2/c1-3-16-8-14-10(2)4-13(19-14)9-18-12-5-11(15)6-17-7-12/h4-7,16H,3,8-9H2,1-2H3. The number of furan rings is 1. The van der Waals surface area contributed by atoms with Crippen LogP contribution in [0.3, 0.4) is 0 Å². The van der Waals surface area contributed by atoms with Gasteiger partial charge in [0, 0.05) is 10.7 Å². The summed E-state index contributed by atoms with van der Waals surface area (Å²) in [6.45, 7) is 6.20. The summed E-state index contributed by atoms with van der Waals surface area (Å²) in [4.78, 5) is 4.05. The Morgan fingerprint density at radius 3 is 2.95 bits per heavy atom. The van der Waals surface area contributed by atoms with E-state index >= 15 is 0 Å². The van der Waals surface area contributed by atoms with E-state index in [1.165, 1.54) is 0 Å². The second kappa shape index (κ2) is 6.73. The van der Waals surface area contributed by atoms with Crippen LogP contribution in [0.25, 0.3) is 0 Å². The number of aromatic nitrogens is 1. The molecule has 0 amide bonds. The number of ether oxygens (including phenoxy) is 1. The second-order valence-corrected chi connectivity index (χ2v) is 5.14. The molecule has 0 saturated carbocycles. The second-order valence-electron chi connectivity index (χ2n) is 4.23. The molecule has 0 saturated heterocycles. The molecule has 0 aromatic carbocycles. The van der Waals surface area contributed by atoms with Crippen molar-refractivity contribution in [3.63, 3.8) is 0 Å². The van der Waals surface area contributed by atoms with Gasteiger partial charge in [-0.15, -0.1) is 0 Å². The van der Waals surface area contributed by atoms with Gasteiger partial charge >= 0.3 is 0 Å². The average Bonchev–Trinajstić information content (AvgIpc) is 2.75. The summed E-state index contributed by atoms with van der Waals surface area (Å²) in [6.07, 6.45) is 3.40. The van der Waals surface area contributed by atoms with Gasteiger partial charge in [0.15, 0.2) is 0 Å². The Morgan fingerprint density at radius 1 is 1.37 bits per heavy atom. The number of nitrogens with zero attached hydrogens (tertiary/aromatic N) is 1. The molecule has 0 bridgehead atoms. The first kappa shape index (κ1) is 14.1. The highest BCUT2D eigenvalue weighted by molar-refractivity contribution is 9.10. The molecule has 5 heteroatoms. The molecule has 0 fully saturated rings. The molecule has 102 valence electrons. The van der Waals surface area contributed by atoms with Crippen LogP contribution in [0.1, 0.15) is 24.0 Å². The molecule has 4 nitrogen and oxygen atoms in total. The SMILES string of the molecule is CCNCc1oc(COc2cncc(Br)c2)cc1C. The molecule has 0 spiro atoms. The van der Waals surface area contributed by atoms with E-state index in [1.54, 1.807) is 12.4 Å². The van der Waals surface area contributed by atoms with Gasteiger partial charge in [-0.3, -0.25) is 4.98 Å². The molecular formula is C14H17BrN2O2. The number of halogens is 1. The summed E-state index contributed by atoms with van der Waals surface area (Å²) >= 11 is 3.36. The molecule has 19 heavy (non-hydrogen) atoms. The molecule has 2 heterocycles. The van der Waals surface area contributed by atoms with Crippen LogP contribution in [0.2, 0.25) is 0 Å². The van der Waals surface area contributed by atoms with Gasteiger partial charge in [0.2, 0.25) is 0 Å². The molecule has 0 atom stereocenters. The monoisotopic (exact) mass is 324 g/mol. The smallest absolute Gasteiger partial charge is 0.146 e. The van der Waals surface area contributed by atoms with E-state index in [0.717, 1.165) is 40.4 Å². The van der Waals surface area contributed by atoms with Crippen molar-refractivity contribution in [1.29, 1.82) is 0 Å². The fourth-order valence-electron chi connectivity index (χ4n) is 1.70. The van der Waals surface area contributed by atoms with E-state index in [-0.39, 0.29) is 0 Å². The van der Waals surface area contributed by atoms with Gasteiger partial charge in [-0.05, 0) is 47.1 Å². The zero-order chi connectivity index (χ0) is 13.7. The highest BCUT2D eigenvalue weighted by Crippen LogP contribution is 2.19. The quantitative estimate of drug-likeness (QED) is 0.884. The lowest BCUT2D eigenvalue weighted by atomic mass is 10.2. The Bertz CT molecular complexity index is 540. The van der Waals surface area contributed by atoms with Crippen LogP contribution in [-0.2, 0) is 13.2 Å². The molecule has 2 aromatic rings. The van der Waals surface area contributed by atoms with Crippen molar-refractivity contribution in [2.24, 2.45) is 0 Å². The van der Waals surface area contributed by atoms with Crippen LogP contribution in [-0.4, -0.2) is 11.5 Å². The van der Waals surface area contributed by atoms with Crippen molar-refractivity contribution in [3.8, 4) is 5.75 Å². The van der Waals surface area contributed by atoms with E-state index in [2.05, 4.69) is 33.2 Å². The Morgan fingerprint density at radius 2 is 2.21 bits per heavy atom. The van der Waals surface area contributed by atoms with Gasteiger partial charge in [-0.25, -0.2) is 0 Å². The van der Waals surface area contributed by atoms with Crippen molar-refractivity contribution in [2.75, 3.05) is 6.54 Å². The van der Waals surface area contributed by atoms with E-state index in [1.807, 2.05) is 19.1 Å². The predicted octanol–water partition coefficient (Wildman–Crippen LogP) is 3.43. The minimum atomic E-state index is 0.408. The molecule has 1 N–H and O–H groups in total. The molecular weight excluding hydrogens is 308 g/mol. The molecule has 0 unspecified atom stereocenters. The third-order valence-corrected chi connectivity index (χ3v) is 3.10. The Labute approximate surface area is 121 Å². The summed E-state index contributed by atoms with van der Waals surface area (Å²) in [5.41, 5.74) is 1.15. The fourth-order valence-corrected chi connectivity index (χ4v) is 2.04. The lowest BCUT2D eigenvalue weighted by Gasteiger charge is -2.03. The zero-order valence-electron chi connectivity index (χ0n) is 11.1. The fraction of sp³-hybridized carbons (Fsp3) is 0.357. The number of nitrogens with one attached hydrogen (secondary N) is 1. The number of rotatable bonds is 6. The number of hydrogen-bond acceptors (Lipinski definition) is 4. The highest BCUT2D eigenvalue weighted by atomic mass is 79.9. The first-order chi connectivity index (χ1) is 9.19. The molecule has 2 rings (SSSR count). The molecule has 2 aromatic heterocycles. The van der Waals surface area contributed by atoms with E-state index in [9.17, 15) is 0 Å². The third-order valence-electron chi connectivity index (χ3n) is 2.67. The zero-order valence-corrected chi connectivity index (χ0v) is 12.7. The van der Waals surface area contributed by atoms with Gasteiger partial charge in [-0.2, -0.15) is 0 Å². The van der Waals surface area contributed by atoms with E-state index in [4.69, 9.17) is 9.15 Å². The Balaban J connectivity index is 1.96. The maximum absolute atomic E-state index is 5.75. The minimum absolute atomic E-state index is 0.408. The van der Waals surface area contributed by atoms with Crippen LogP contribution in [0, 0.1) is 6.92 Å². The summed E-state index contributed by atoms with van der Waals surface area (Å²) in [5, 5.41) is 3.25. The molecule has 0 aliphatic heterocycles. The molecule has 0 radical (unpaired) electrons. The molecule has 0 aliphatic carbocycles. The largest absolute Gasteiger partial charge is 0.484 e. The van der Waals surface area contributed by atoms with Crippen LogP contribution in [0.15, 0.2) is 33.4 Å². The van der Waals surface area contributed by atoms with Crippen molar-refractivity contribution >= 4 is 15.9 Å². The van der Waals surface area contributed by atoms with E-state index in [0.29, 0.717) is 6.61 Å². The van der Waals surface area contributed by atoms with Crippen LogP contribution < -0.4 is 10.1 Å². The normalized spacial score (nSPS) is 10.7. The number of pyridine rings is 1. The van der Waals surface area contributed by atoms with Crippen LogP contribution in [0.5, 0.6) is 5.75 Å². The van der Waals surface area contributed by atoms with Gasteiger partial charge in [0.05, 0.1) is 12.7 Å². The minimum Gasteiger partial charge on any atom is -0.484 e. The summed E-state index contributed by atoms with van der Waals surface area (Å²) in [7, 11) is 0. The summed E-state index contributed by atoms with van der Waals surface area (Å²) in [6, 6.07) is 3.89. The van der Waals surface area contributed by atoms with E-state index < -0.39 is 0 Å². The first-order valence-corrected chi connectivity index (χ1v) is 7.00. The van der Waals surface area contributed by atoms with Crippen molar-refractivity contribution in [2.45, 2.75) is 27.0 Å². The highest BCUT2D eigenvalue weighted by Gasteiger charge is 2.08. The lowest BCUT2D eigenvalue weighted by molar-refractivity contribution is 0.264. The predicted molar refractivity (Wildman–Crippen MR) is 77.1 cm³/mol. The van der Waals surface area contributed by atoms with Crippen LogP contribution >= 0.6 is 15.9 Å². The maximum Gasteiger partial charge on any atom is 0.146 e. The topological polar surface area (TPSA) is 47.3 Å². The van der Waals surface area contributed by atoms with Gasteiger partial charge in [-0.1, -0.05) is 6.92 Å². The van der Waals surface area contributed by atoms with Gasteiger partial charge < -0.3 is 14.5 Å². The van der Waals surface area contributed by atoms with Crippen molar-refractivity contribution in [1.82, 2.24) is 10.3 Å². The van der Waals surface area contributed by atoms with Gasteiger partial charge in [0.25, 0.3) is 0 Å². The average molecular weight is 325 g/mol. The number of hydrogen-bond donors (Lipinski definition) is 1. The lowest BCUT2D eigenvalue weighted by Crippen LogP contribution is -2.11. The third kappa shape index (κ3) is 4.08. The maximum atomic E-state index is 5.75. The summed E-state index contributed by atoms with van der Waals surface area (Å²) < 4.78 is 12.3. The summed E-state index contributed by atoms with van der Waals surface area (Å²) in [5.74, 6) is 2.51. The van der Waals surface area contributed by atoms with Crippen molar-refractivity contribution < 1.29 is 9.15 Å².